The summed E-state index contributed by atoms with van der Waals surface area (Å²) in [5.41, 5.74) is -1.23. The normalized spacial score (nSPS) is 11.1. The van der Waals surface area contributed by atoms with Crippen LogP contribution in [0.2, 0.25) is 0 Å². The first-order valence-electron chi connectivity index (χ1n) is 4.32. The molecule has 1 aromatic rings. The lowest BCUT2D eigenvalue weighted by Gasteiger charge is -2.07. The third-order valence-electron chi connectivity index (χ3n) is 1.90. The van der Waals surface area contributed by atoms with Crippen LogP contribution in [0.15, 0.2) is 18.2 Å². The molecule has 0 saturated heterocycles. The lowest BCUT2D eigenvalue weighted by molar-refractivity contribution is -0.136. The molecule has 2 nitrogen and oxygen atoms in total. The Morgan fingerprint density at radius 2 is 1.50 bits per heavy atom. The molecular weight excluding hydrogens is 228 g/mol. The molecule has 1 N–H and O–H groups in total. The summed E-state index contributed by atoms with van der Waals surface area (Å²) in [6, 6.07) is 2.52. The molecule has 0 amide bonds. The van der Waals surface area contributed by atoms with E-state index in [2.05, 4.69) is 0 Å². The van der Waals surface area contributed by atoms with E-state index in [0.717, 1.165) is 12.1 Å². The van der Waals surface area contributed by atoms with Gasteiger partial charge in [-0.25, -0.2) is 17.6 Å². The lowest BCUT2D eigenvalue weighted by Crippen LogP contribution is -2.02. The predicted molar refractivity (Wildman–Crippen MR) is 47.7 cm³/mol. The number of rotatable bonds is 4. The topological polar surface area (TPSA) is 37.3 Å². The van der Waals surface area contributed by atoms with Gasteiger partial charge in [0.2, 0.25) is 0 Å². The van der Waals surface area contributed by atoms with Crippen molar-refractivity contribution >= 4 is 5.97 Å². The third-order valence-corrected chi connectivity index (χ3v) is 1.90. The molecular formula is C10H8F4O2. The van der Waals surface area contributed by atoms with Crippen LogP contribution in [0, 0.1) is 0 Å². The second-order valence-corrected chi connectivity index (χ2v) is 3.18. The summed E-state index contributed by atoms with van der Waals surface area (Å²) in [4.78, 5) is 10.4. The van der Waals surface area contributed by atoms with E-state index < -0.39 is 36.4 Å². The number of carboxylic acid groups (broad SMARTS) is 1. The van der Waals surface area contributed by atoms with Crippen molar-refractivity contribution in [3.8, 4) is 0 Å². The second-order valence-electron chi connectivity index (χ2n) is 3.18. The Labute approximate surface area is 88.5 Å². The maximum Gasteiger partial charge on any atom is 0.307 e. The Morgan fingerprint density at radius 3 is 1.81 bits per heavy atom. The van der Waals surface area contributed by atoms with Crippen molar-refractivity contribution in [3.63, 3.8) is 0 Å². The molecule has 16 heavy (non-hydrogen) atoms. The summed E-state index contributed by atoms with van der Waals surface area (Å²) in [6.07, 6.45) is -6.35. The highest BCUT2D eigenvalue weighted by Gasteiger charge is 2.15. The highest BCUT2D eigenvalue weighted by Crippen LogP contribution is 2.27. The van der Waals surface area contributed by atoms with Crippen LogP contribution >= 0.6 is 0 Å². The van der Waals surface area contributed by atoms with E-state index in [1.807, 2.05) is 0 Å². The molecule has 0 saturated carbocycles. The van der Waals surface area contributed by atoms with Crippen LogP contribution in [-0.4, -0.2) is 11.1 Å². The molecule has 0 spiro atoms. The van der Waals surface area contributed by atoms with Crippen LogP contribution in [-0.2, 0) is 11.2 Å². The molecule has 6 heteroatoms. The fourth-order valence-corrected chi connectivity index (χ4v) is 1.27. The molecule has 0 aliphatic rings. The average molecular weight is 236 g/mol. The summed E-state index contributed by atoms with van der Waals surface area (Å²) in [5.74, 6) is -1.26. The zero-order chi connectivity index (χ0) is 12.3. The van der Waals surface area contributed by atoms with Crippen molar-refractivity contribution in [2.24, 2.45) is 0 Å². The molecule has 1 rings (SSSR count). The molecule has 0 bridgehead atoms. The van der Waals surface area contributed by atoms with Gasteiger partial charge in [-0.2, -0.15) is 0 Å². The molecule has 0 heterocycles. The number of alkyl halides is 4. The fraction of sp³-hybridized carbons (Fsp3) is 0.300. The second kappa shape index (κ2) is 4.96. The minimum atomic E-state index is -2.90. The standard InChI is InChI=1S/C10H8F4O2/c11-9(12)6-1-5(3-8(15)16)2-7(4-6)10(13)14/h1-2,4,9-10H,3H2,(H,15,16). The van der Waals surface area contributed by atoms with E-state index in [-0.39, 0.29) is 5.56 Å². The van der Waals surface area contributed by atoms with E-state index in [9.17, 15) is 22.4 Å². The number of hydrogen-bond acceptors (Lipinski definition) is 1. The summed E-state index contributed by atoms with van der Waals surface area (Å²) in [7, 11) is 0. The highest BCUT2D eigenvalue weighted by atomic mass is 19.3. The number of benzene rings is 1. The average Bonchev–Trinajstić information content (AvgIpc) is 2.15. The van der Waals surface area contributed by atoms with E-state index in [1.165, 1.54) is 0 Å². The van der Waals surface area contributed by atoms with Gasteiger partial charge in [-0.1, -0.05) is 0 Å². The van der Waals surface area contributed by atoms with Gasteiger partial charge in [-0.05, 0) is 23.8 Å². The van der Waals surface area contributed by atoms with Crippen molar-refractivity contribution in [1.29, 1.82) is 0 Å². The minimum Gasteiger partial charge on any atom is -0.481 e. The zero-order valence-corrected chi connectivity index (χ0v) is 7.96. The minimum absolute atomic E-state index is 0.0550. The van der Waals surface area contributed by atoms with Gasteiger partial charge in [0.25, 0.3) is 12.9 Å². The third kappa shape index (κ3) is 3.22. The van der Waals surface area contributed by atoms with Gasteiger partial charge in [0.15, 0.2) is 0 Å². The molecule has 0 radical (unpaired) electrons. The first kappa shape index (κ1) is 12.5. The van der Waals surface area contributed by atoms with Crippen LogP contribution < -0.4 is 0 Å². The van der Waals surface area contributed by atoms with Gasteiger partial charge >= 0.3 is 5.97 Å². The summed E-state index contributed by atoms with van der Waals surface area (Å²) < 4.78 is 49.3. The predicted octanol–water partition coefficient (Wildman–Crippen LogP) is 3.19. The van der Waals surface area contributed by atoms with Crippen LogP contribution in [0.25, 0.3) is 0 Å². The number of carbonyl (C=O) groups is 1. The highest BCUT2D eigenvalue weighted by molar-refractivity contribution is 5.70. The van der Waals surface area contributed by atoms with Gasteiger partial charge in [0.1, 0.15) is 0 Å². The van der Waals surface area contributed by atoms with Crippen molar-refractivity contribution in [3.05, 3.63) is 34.9 Å². The molecule has 0 atom stereocenters. The quantitative estimate of drug-likeness (QED) is 0.815. The van der Waals surface area contributed by atoms with Crippen LogP contribution in [0.5, 0.6) is 0 Å². The molecule has 88 valence electrons. The van der Waals surface area contributed by atoms with E-state index in [0.29, 0.717) is 6.07 Å². The Bertz CT molecular complexity index is 364. The maximum atomic E-state index is 12.3. The molecule has 0 aliphatic carbocycles. The maximum absolute atomic E-state index is 12.3. The van der Waals surface area contributed by atoms with Crippen molar-refractivity contribution in [2.45, 2.75) is 19.3 Å². The molecule has 0 aromatic heterocycles. The lowest BCUT2D eigenvalue weighted by atomic mass is 10.0. The van der Waals surface area contributed by atoms with Crippen LogP contribution in [0.1, 0.15) is 29.5 Å². The van der Waals surface area contributed by atoms with E-state index in [1.54, 1.807) is 0 Å². The summed E-state index contributed by atoms with van der Waals surface area (Å²) >= 11 is 0. The van der Waals surface area contributed by atoms with Crippen LogP contribution in [0.4, 0.5) is 17.6 Å². The fourth-order valence-electron chi connectivity index (χ4n) is 1.27. The molecule has 0 unspecified atom stereocenters. The first-order chi connectivity index (χ1) is 7.40. The summed E-state index contributed by atoms with van der Waals surface area (Å²) in [6.45, 7) is 0. The van der Waals surface area contributed by atoms with Gasteiger partial charge in [-0.15, -0.1) is 0 Å². The van der Waals surface area contributed by atoms with Crippen LogP contribution in [0.3, 0.4) is 0 Å². The Kier molecular flexibility index (Phi) is 3.87. The number of hydrogen-bond donors (Lipinski definition) is 1. The zero-order valence-electron chi connectivity index (χ0n) is 7.96. The Balaban J connectivity index is 3.13. The summed E-state index contributed by atoms with van der Waals surface area (Å²) in [5, 5.41) is 8.45. The largest absolute Gasteiger partial charge is 0.481 e. The van der Waals surface area contributed by atoms with E-state index >= 15 is 0 Å². The SMILES string of the molecule is O=C(O)Cc1cc(C(F)F)cc(C(F)F)c1. The monoisotopic (exact) mass is 236 g/mol. The van der Waals surface area contributed by atoms with Gasteiger partial charge < -0.3 is 5.11 Å². The van der Waals surface area contributed by atoms with Gasteiger partial charge in [-0.3, -0.25) is 4.79 Å². The van der Waals surface area contributed by atoms with Crippen molar-refractivity contribution in [2.75, 3.05) is 0 Å². The number of carboxylic acids is 1. The van der Waals surface area contributed by atoms with Crippen molar-refractivity contribution < 1.29 is 27.5 Å². The number of aliphatic carboxylic acids is 1. The Morgan fingerprint density at radius 1 is 1.06 bits per heavy atom. The van der Waals surface area contributed by atoms with Gasteiger partial charge in [0.05, 0.1) is 6.42 Å². The van der Waals surface area contributed by atoms with E-state index in [4.69, 9.17) is 5.11 Å². The number of halogens is 4. The Hall–Kier alpha value is -1.59. The molecule has 0 fully saturated rings. The molecule has 1 aromatic carbocycles. The van der Waals surface area contributed by atoms with Crippen molar-refractivity contribution in [1.82, 2.24) is 0 Å². The smallest absolute Gasteiger partial charge is 0.307 e. The van der Waals surface area contributed by atoms with Gasteiger partial charge in [0, 0.05) is 11.1 Å². The molecule has 0 aliphatic heterocycles. The first-order valence-corrected chi connectivity index (χ1v) is 4.32.